The molecule has 0 spiro atoms. The molecule has 1 amide bonds. The lowest BCUT2D eigenvalue weighted by Gasteiger charge is -2.10. The summed E-state index contributed by atoms with van der Waals surface area (Å²) in [5.74, 6) is -0.804. The summed E-state index contributed by atoms with van der Waals surface area (Å²) in [6, 6.07) is 17.6. The summed E-state index contributed by atoms with van der Waals surface area (Å²) in [6.07, 6.45) is 6.38. The minimum atomic E-state index is -0.458. The van der Waals surface area contributed by atoms with Gasteiger partial charge in [0.15, 0.2) is 0 Å². The highest BCUT2D eigenvalue weighted by Gasteiger charge is 2.15. The first-order valence-corrected chi connectivity index (χ1v) is 9.29. The van der Waals surface area contributed by atoms with E-state index in [4.69, 9.17) is 0 Å². The summed E-state index contributed by atoms with van der Waals surface area (Å²) >= 11 is 1.40. The van der Waals surface area contributed by atoms with Gasteiger partial charge in [-0.05, 0) is 42.5 Å². The van der Waals surface area contributed by atoms with Gasteiger partial charge >= 0.3 is 0 Å². The van der Waals surface area contributed by atoms with E-state index in [0.717, 1.165) is 4.90 Å². The van der Waals surface area contributed by atoms with E-state index in [0.29, 0.717) is 22.0 Å². The van der Waals surface area contributed by atoms with Crippen LogP contribution in [0.25, 0.3) is 5.69 Å². The van der Waals surface area contributed by atoms with Crippen molar-refractivity contribution in [2.75, 3.05) is 5.32 Å². The van der Waals surface area contributed by atoms with Gasteiger partial charge in [0.1, 0.15) is 10.8 Å². The molecule has 2 aromatic heterocycles. The molecule has 2 aromatic carbocycles. The molecule has 0 saturated carbocycles. The Kier molecular flexibility index (Phi) is 5.16. The van der Waals surface area contributed by atoms with Gasteiger partial charge < -0.3 is 9.88 Å². The van der Waals surface area contributed by atoms with Gasteiger partial charge in [-0.1, -0.05) is 30.0 Å². The Balaban J connectivity index is 1.55. The van der Waals surface area contributed by atoms with Crippen molar-refractivity contribution >= 4 is 23.4 Å². The van der Waals surface area contributed by atoms with Crippen LogP contribution in [0, 0.1) is 5.82 Å². The van der Waals surface area contributed by atoms with Crippen LogP contribution in [0.5, 0.6) is 0 Å². The zero-order chi connectivity index (χ0) is 19.3. The van der Waals surface area contributed by atoms with E-state index in [2.05, 4.69) is 15.3 Å². The van der Waals surface area contributed by atoms with Crippen molar-refractivity contribution < 1.29 is 9.18 Å². The minimum absolute atomic E-state index is 0.346. The molecule has 0 unspecified atom stereocenters. The van der Waals surface area contributed by atoms with Crippen molar-refractivity contribution in [2.45, 2.75) is 9.92 Å². The van der Waals surface area contributed by atoms with Crippen LogP contribution in [-0.2, 0) is 0 Å². The number of halogens is 1. The number of nitrogens with zero attached hydrogens (tertiary/aromatic N) is 3. The first kappa shape index (κ1) is 17.9. The predicted molar refractivity (Wildman–Crippen MR) is 106 cm³/mol. The summed E-state index contributed by atoms with van der Waals surface area (Å²) in [6.45, 7) is 0. The van der Waals surface area contributed by atoms with E-state index in [-0.39, 0.29) is 5.91 Å². The molecule has 0 fully saturated rings. The second-order valence-corrected chi connectivity index (χ2v) is 6.92. The second kappa shape index (κ2) is 8.06. The summed E-state index contributed by atoms with van der Waals surface area (Å²) in [5.41, 5.74) is 1.15. The van der Waals surface area contributed by atoms with E-state index in [1.54, 1.807) is 47.4 Å². The quantitative estimate of drug-likeness (QED) is 0.531. The largest absolute Gasteiger partial charge is 0.322 e. The number of benzene rings is 2. The molecule has 2 heterocycles. The molecule has 0 aliphatic heterocycles. The number of hydrogen-bond acceptors (Lipinski definition) is 4. The highest BCUT2D eigenvalue weighted by molar-refractivity contribution is 7.99. The van der Waals surface area contributed by atoms with Gasteiger partial charge in [-0.15, -0.1) is 0 Å². The van der Waals surface area contributed by atoms with Gasteiger partial charge in [0.2, 0.25) is 0 Å². The van der Waals surface area contributed by atoms with Gasteiger partial charge in [0.25, 0.3) is 5.91 Å². The van der Waals surface area contributed by atoms with Crippen LogP contribution in [0.2, 0.25) is 0 Å². The number of rotatable bonds is 5. The van der Waals surface area contributed by atoms with Crippen molar-refractivity contribution in [2.24, 2.45) is 0 Å². The molecule has 4 aromatic rings. The number of carbonyl (C=O) groups is 1. The summed E-state index contributed by atoms with van der Waals surface area (Å²) in [7, 11) is 0. The van der Waals surface area contributed by atoms with Crippen molar-refractivity contribution in [1.82, 2.24) is 14.5 Å². The maximum absolute atomic E-state index is 14.4. The summed E-state index contributed by atoms with van der Waals surface area (Å²) in [5, 5.41) is 3.33. The lowest BCUT2D eigenvalue weighted by Crippen LogP contribution is -2.14. The maximum atomic E-state index is 14.4. The first-order valence-electron chi connectivity index (χ1n) is 8.48. The molecule has 7 heteroatoms. The normalized spacial score (nSPS) is 10.6. The average molecular weight is 390 g/mol. The molecule has 4 rings (SSSR count). The Morgan fingerprint density at radius 3 is 2.64 bits per heavy atom. The fourth-order valence-electron chi connectivity index (χ4n) is 2.64. The highest BCUT2D eigenvalue weighted by Crippen LogP contribution is 2.29. The van der Waals surface area contributed by atoms with Crippen LogP contribution in [0.15, 0.2) is 95.5 Å². The Labute approximate surface area is 165 Å². The molecule has 0 aliphatic rings. The van der Waals surface area contributed by atoms with Crippen LogP contribution < -0.4 is 5.32 Å². The molecule has 0 saturated heterocycles. The smallest absolute Gasteiger partial charge is 0.258 e. The first-order chi connectivity index (χ1) is 13.7. The van der Waals surface area contributed by atoms with Crippen LogP contribution in [0.1, 0.15) is 10.4 Å². The van der Waals surface area contributed by atoms with Crippen molar-refractivity contribution in [3.05, 3.63) is 97.0 Å². The molecule has 28 heavy (non-hydrogen) atoms. The number of anilines is 1. The maximum Gasteiger partial charge on any atom is 0.258 e. The lowest BCUT2D eigenvalue weighted by atomic mass is 10.2. The van der Waals surface area contributed by atoms with Crippen molar-refractivity contribution in [1.29, 1.82) is 0 Å². The van der Waals surface area contributed by atoms with Gasteiger partial charge in [0.05, 0.1) is 17.6 Å². The molecule has 0 aliphatic carbocycles. The number of pyridine rings is 1. The molecule has 1 N–H and O–H groups in total. The third-order valence-electron chi connectivity index (χ3n) is 3.96. The summed E-state index contributed by atoms with van der Waals surface area (Å²) < 4.78 is 16.0. The van der Waals surface area contributed by atoms with Crippen LogP contribution in [0.4, 0.5) is 10.1 Å². The molecule has 0 radical (unpaired) electrons. The molecule has 0 bridgehead atoms. The van der Waals surface area contributed by atoms with Crippen molar-refractivity contribution in [3.8, 4) is 5.69 Å². The third kappa shape index (κ3) is 3.94. The molecule has 5 nitrogen and oxygen atoms in total. The molecule has 0 atom stereocenters. The topological polar surface area (TPSA) is 59.8 Å². The molecular weight excluding hydrogens is 375 g/mol. The van der Waals surface area contributed by atoms with Gasteiger partial charge in [-0.25, -0.2) is 14.4 Å². The number of hydrogen-bond donors (Lipinski definition) is 1. The highest BCUT2D eigenvalue weighted by atomic mass is 32.2. The van der Waals surface area contributed by atoms with E-state index < -0.39 is 5.82 Å². The van der Waals surface area contributed by atoms with E-state index in [1.165, 1.54) is 24.2 Å². The number of carbonyl (C=O) groups excluding carboxylic acids is 1. The fraction of sp³-hybridized carbons (Fsp3) is 0. The Morgan fingerprint density at radius 2 is 1.89 bits per heavy atom. The number of amides is 1. The van der Waals surface area contributed by atoms with Crippen LogP contribution in [0.3, 0.4) is 0 Å². The average Bonchev–Trinajstić information content (AvgIpc) is 3.24. The zero-order valence-electron chi connectivity index (χ0n) is 14.6. The van der Waals surface area contributed by atoms with Crippen molar-refractivity contribution in [3.63, 3.8) is 0 Å². The van der Waals surface area contributed by atoms with Crippen LogP contribution >= 0.6 is 11.8 Å². The predicted octanol–water partition coefficient (Wildman–Crippen LogP) is 4.81. The third-order valence-corrected chi connectivity index (χ3v) is 4.99. The fourth-order valence-corrected chi connectivity index (χ4v) is 3.54. The Morgan fingerprint density at radius 1 is 1.04 bits per heavy atom. The monoisotopic (exact) mass is 390 g/mol. The SMILES string of the molecule is O=C(Nc1ccc(-n2ccnc2)c(F)c1)c1cccnc1Sc1ccccc1. The van der Waals surface area contributed by atoms with Gasteiger partial charge in [0, 0.05) is 29.2 Å². The molecular formula is C21H15FN4OS. The standard InChI is InChI=1S/C21H15FN4OS/c22-18-13-15(8-9-19(18)26-12-11-23-14-26)25-20(27)17-7-4-10-24-21(17)28-16-5-2-1-3-6-16/h1-14H,(H,25,27). The van der Waals surface area contributed by atoms with E-state index >= 15 is 0 Å². The van der Waals surface area contributed by atoms with E-state index in [1.807, 2.05) is 30.3 Å². The van der Waals surface area contributed by atoms with E-state index in [9.17, 15) is 9.18 Å². The lowest BCUT2D eigenvalue weighted by molar-refractivity contribution is 0.102. The number of nitrogens with one attached hydrogen (secondary N) is 1. The zero-order valence-corrected chi connectivity index (χ0v) is 15.4. The Bertz CT molecular complexity index is 1100. The second-order valence-electron chi connectivity index (χ2n) is 5.86. The number of aromatic nitrogens is 3. The van der Waals surface area contributed by atoms with Gasteiger partial charge in [-0.3, -0.25) is 4.79 Å². The van der Waals surface area contributed by atoms with Gasteiger partial charge in [-0.2, -0.15) is 0 Å². The minimum Gasteiger partial charge on any atom is -0.322 e. The summed E-state index contributed by atoms with van der Waals surface area (Å²) in [4.78, 5) is 22.0. The Hall–Kier alpha value is -3.45. The van der Waals surface area contributed by atoms with Crippen LogP contribution in [-0.4, -0.2) is 20.4 Å². The number of imidazole rings is 1. The molecule has 138 valence electrons.